The smallest absolute Gasteiger partial charge is 0.123 e. The quantitative estimate of drug-likeness (QED) is 0.395. The van der Waals surface area contributed by atoms with Gasteiger partial charge in [-0.3, -0.25) is 0 Å². The zero-order valence-electron chi connectivity index (χ0n) is 22.9. The molecule has 0 radical (unpaired) electrons. The molecule has 1 saturated heterocycles. The van der Waals surface area contributed by atoms with Gasteiger partial charge in [0.2, 0.25) is 0 Å². The van der Waals surface area contributed by atoms with E-state index in [1.54, 1.807) is 12.1 Å². The number of piperidine rings is 1. The highest BCUT2D eigenvalue weighted by Crippen LogP contribution is 2.38. The molecule has 2 nitrogen and oxygen atoms in total. The van der Waals surface area contributed by atoms with Crippen LogP contribution >= 0.6 is 0 Å². The van der Waals surface area contributed by atoms with Gasteiger partial charge in [-0.2, -0.15) is 0 Å². The highest BCUT2D eigenvalue weighted by molar-refractivity contribution is 5.47. The minimum Gasteiger partial charge on any atom is -0.382 e. The van der Waals surface area contributed by atoms with E-state index in [2.05, 4.69) is 62.2 Å². The third kappa shape index (κ3) is 8.66. The standard InChI is InChI=1S/C24H30FN.C5H11N.C2H6/c1-5-23(19(4)24-11-8-21(25)16-18(24)3)20-12-14-26(15-13-20)22-9-6-17(2)7-10-22;1-5(2)6(3)4;1-2/h5-11,16,19-20,23H,1,12-15H2,2-4H3;1H2,2-4H3;1-2H3. The maximum Gasteiger partial charge on any atom is 0.123 e. The molecule has 2 aromatic rings. The maximum atomic E-state index is 13.5. The Kier molecular flexibility index (Phi) is 12.7. The Balaban J connectivity index is 0.000000631. The zero-order chi connectivity index (χ0) is 25.8. The molecular formula is C31H47FN2. The van der Waals surface area contributed by atoms with Crippen LogP contribution in [-0.2, 0) is 0 Å². The number of aryl methyl sites for hydroxylation is 2. The number of hydrogen-bond acceptors (Lipinski definition) is 2. The van der Waals surface area contributed by atoms with Crippen molar-refractivity contribution in [2.45, 2.75) is 60.3 Å². The molecule has 2 aromatic carbocycles. The summed E-state index contributed by atoms with van der Waals surface area (Å²) in [5.41, 5.74) is 6.01. The van der Waals surface area contributed by atoms with E-state index in [0.29, 0.717) is 17.8 Å². The molecule has 1 aliphatic rings. The first-order valence-corrected chi connectivity index (χ1v) is 12.7. The van der Waals surface area contributed by atoms with Crippen LogP contribution in [0.5, 0.6) is 0 Å². The first-order chi connectivity index (χ1) is 16.1. The molecule has 0 bridgehead atoms. The van der Waals surface area contributed by atoms with Gasteiger partial charge in [-0.1, -0.05) is 57.2 Å². The molecule has 2 unspecified atom stereocenters. The van der Waals surface area contributed by atoms with Crippen LogP contribution in [0, 0.1) is 31.5 Å². The third-order valence-corrected chi connectivity index (χ3v) is 6.82. The highest BCUT2D eigenvalue weighted by Gasteiger charge is 2.29. The number of anilines is 1. The fourth-order valence-electron chi connectivity index (χ4n) is 4.46. The first-order valence-electron chi connectivity index (χ1n) is 12.7. The summed E-state index contributed by atoms with van der Waals surface area (Å²) in [5.74, 6) is 1.28. The van der Waals surface area contributed by atoms with E-state index in [0.717, 1.165) is 24.4 Å². The molecule has 0 spiro atoms. The fourth-order valence-corrected chi connectivity index (χ4v) is 4.46. The van der Waals surface area contributed by atoms with Crippen LogP contribution in [0.15, 0.2) is 67.4 Å². The van der Waals surface area contributed by atoms with Crippen LogP contribution < -0.4 is 4.90 Å². The van der Waals surface area contributed by atoms with Gasteiger partial charge in [-0.05, 0) is 86.8 Å². The van der Waals surface area contributed by atoms with E-state index in [1.165, 1.54) is 29.7 Å². The van der Waals surface area contributed by atoms with Crippen molar-refractivity contribution in [3.8, 4) is 0 Å². The molecule has 0 aromatic heterocycles. The number of hydrogen-bond donors (Lipinski definition) is 0. The minimum atomic E-state index is -0.153. The van der Waals surface area contributed by atoms with E-state index in [1.807, 2.05) is 52.8 Å². The van der Waals surface area contributed by atoms with Crippen molar-refractivity contribution >= 4 is 5.69 Å². The molecule has 3 heteroatoms. The number of halogens is 1. The molecule has 0 aliphatic carbocycles. The first kappa shape index (κ1) is 29.5. The number of allylic oxidation sites excluding steroid dienone is 2. The molecule has 0 N–H and O–H groups in total. The van der Waals surface area contributed by atoms with Crippen LogP contribution in [0.2, 0.25) is 0 Å². The molecule has 1 fully saturated rings. The van der Waals surface area contributed by atoms with E-state index in [9.17, 15) is 4.39 Å². The van der Waals surface area contributed by atoms with Gasteiger partial charge in [0.05, 0.1) is 0 Å². The van der Waals surface area contributed by atoms with Gasteiger partial charge in [0.15, 0.2) is 0 Å². The molecular weight excluding hydrogens is 419 g/mol. The number of benzene rings is 2. The van der Waals surface area contributed by atoms with Crippen LogP contribution in [0.4, 0.5) is 10.1 Å². The van der Waals surface area contributed by atoms with Gasteiger partial charge in [0, 0.05) is 38.6 Å². The largest absolute Gasteiger partial charge is 0.382 e. The minimum absolute atomic E-state index is 0.153. The Morgan fingerprint density at radius 1 is 1.06 bits per heavy atom. The average molecular weight is 467 g/mol. The molecule has 34 heavy (non-hydrogen) atoms. The lowest BCUT2D eigenvalue weighted by Crippen LogP contribution is -2.36. The van der Waals surface area contributed by atoms with Crippen molar-refractivity contribution in [2.75, 3.05) is 32.1 Å². The summed E-state index contributed by atoms with van der Waals surface area (Å²) in [4.78, 5) is 4.46. The van der Waals surface area contributed by atoms with Gasteiger partial charge < -0.3 is 9.80 Å². The van der Waals surface area contributed by atoms with Gasteiger partial charge >= 0.3 is 0 Å². The van der Waals surface area contributed by atoms with Gasteiger partial charge in [-0.15, -0.1) is 6.58 Å². The number of rotatable bonds is 6. The van der Waals surface area contributed by atoms with Gasteiger partial charge in [0.25, 0.3) is 0 Å². The van der Waals surface area contributed by atoms with Crippen LogP contribution in [0.1, 0.15) is 63.1 Å². The molecule has 1 heterocycles. The summed E-state index contributed by atoms with van der Waals surface area (Å²) < 4.78 is 13.5. The Morgan fingerprint density at radius 3 is 2.03 bits per heavy atom. The van der Waals surface area contributed by atoms with E-state index in [4.69, 9.17) is 0 Å². The predicted molar refractivity (Wildman–Crippen MR) is 149 cm³/mol. The highest BCUT2D eigenvalue weighted by atomic mass is 19.1. The Bertz CT molecular complexity index is 877. The Hall–Kier alpha value is -2.55. The van der Waals surface area contributed by atoms with Crippen molar-refractivity contribution < 1.29 is 4.39 Å². The molecule has 0 amide bonds. The molecule has 0 saturated carbocycles. The molecule has 3 rings (SSSR count). The third-order valence-electron chi connectivity index (χ3n) is 6.82. The van der Waals surface area contributed by atoms with Crippen molar-refractivity contribution in [3.63, 3.8) is 0 Å². The topological polar surface area (TPSA) is 6.48 Å². The molecule has 1 aliphatic heterocycles. The molecule has 188 valence electrons. The normalized spacial score (nSPS) is 15.1. The van der Waals surface area contributed by atoms with Crippen LogP contribution in [-0.4, -0.2) is 32.1 Å². The SMILES string of the molecule is C=C(C)N(C)C.C=CC(C1CCN(c2ccc(C)cc2)CC1)C(C)c1ccc(F)cc1C.CC. The Morgan fingerprint density at radius 2 is 1.59 bits per heavy atom. The second-order valence-electron chi connectivity index (χ2n) is 9.39. The van der Waals surface area contributed by atoms with Crippen molar-refractivity contribution in [2.24, 2.45) is 11.8 Å². The summed E-state index contributed by atoms with van der Waals surface area (Å²) in [6.45, 7) is 22.4. The monoisotopic (exact) mass is 466 g/mol. The van der Waals surface area contributed by atoms with Crippen molar-refractivity contribution in [1.82, 2.24) is 4.90 Å². The van der Waals surface area contributed by atoms with E-state index in [-0.39, 0.29) is 5.82 Å². The van der Waals surface area contributed by atoms with Crippen LogP contribution in [0.25, 0.3) is 0 Å². The van der Waals surface area contributed by atoms with Gasteiger partial charge in [-0.25, -0.2) is 4.39 Å². The maximum absolute atomic E-state index is 13.5. The zero-order valence-corrected chi connectivity index (χ0v) is 22.9. The second kappa shape index (κ2) is 14.7. The number of nitrogens with zero attached hydrogens (tertiary/aromatic N) is 2. The summed E-state index contributed by atoms with van der Waals surface area (Å²) in [7, 11) is 3.95. The van der Waals surface area contributed by atoms with Crippen molar-refractivity contribution in [3.05, 3.63) is 89.9 Å². The average Bonchev–Trinajstić information content (AvgIpc) is 2.82. The summed E-state index contributed by atoms with van der Waals surface area (Å²) in [6.07, 6.45) is 4.48. The van der Waals surface area contributed by atoms with Gasteiger partial charge in [0.1, 0.15) is 5.82 Å². The van der Waals surface area contributed by atoms with Crippen LogP contribution in [0.3, 0.4) is 0 Å². The lowest BCUT2D eigenvalue weighted by atomic mass is 9.74. The Labute approximate surface area is 209 Å². The molecule has 2 atom stereocenters. The summed E-state index contributed by atoms with van der Waals surface area (Å²) in [5, 5.41) is 0. The van der Waals surface area contributed by atoms with Crippen molar-refractivity contribution in [1.29, 1.82) is 0 Å². The van der Waals surface area contributed by atoms with E-state index >= 15 is 0 Å². The lowest BCUT2D eigenvalue weighted by molar-refractivity contribution is 0.289. The predicted octanol–water partition coefficient (Wildman–Crippen LogP) is 8.37. The lowest BCUT2D eigenvalue weighted by Gasteiger charge is -2.38. The summed E-state index contributed by atoms with van der Waals surface area (Å²) >= 11 is 0. The fraction of sp³-hybridized carbons (Fsp3) is 0.484. The summed E-state index contributed by atoms with van der Waals surface area (Å²) in [6, 6.07) is 14.0. The second-order valence-corrected chi connectivity index (χ2v) is 9.39. The van der Waals surface area contributed by atoms with E-state index < -0.39 is 0 Å².